The molecule has 2 aliphatic rings. The number of fused-ring (bicyclic) bond motifs is 2. The number of likely N-dealkylation sites (tertiary alicyclic amines) is 1. The van der Waals surface area contributed by atoms with Crippen LogP contribution >= 0.6 is 0 Å². The molecule has 2 aliphatic heterocycles. The summed E-state index contributed by atoms with van der Waals surface area (Å²) in [5.41, 5.74) is -0.723. The van der Waals surface area contributed by atoms with Gasteiger partial charge in [0.25, 0.3) is 0 Å². The molecule has 4 amide bonds. The molecule has 0 radical (unpaired) electrons. The Morgan fingerprint density at radius 3 is 2.32 bits per heavy atom. The number of ether oxygens (including phenoxy) is 4. The van der Waals surface area contributed by atoms with E-state index in [4.69, 9.17) is 18.9 Å². The second-order valence-electron chi connectivity index (χ2n) is 14.5. The van der Waals surface area contributed by atoms with Crippen molar-refractivity contribution in [3.05, 3.63) is 35.9 Å². The number of benzene rings is 1. The Hall–Kier alpha value is -5.21. The molecule has 2 N–H and O–H groups in total. The van der Waals surface area contributed by atoms with Crippen molar-refractivity contribution in [3.8, 4) is 17.0 Å². The van der Waals surface area contributed by atoms with Crippen LogP contribution in [0.15, 0.2) is 24.5 Å². The van der Waals surface area contributed by atoms with E-state index >= 15 is 4.39 Å². The van der Waals surface area contributed by atoms with Crippen molar-refractivity contribution in [1.29, 1.82) is 0 Å². The van der Waals surface area contributed by atoms with Crippen LogP contribution in [-0.4, -0.2) is 82.1 Å². The maximum absolute atomic E-state index is 16.6. The van der Waals surface area contributed by atoms with E-state index in [1.807, 2.05) is 13.8 Å². The van der Waals surface area contributed by atoms with Crippen LogP contribution in [0.5, 0.6) is 5.88 Å². The van der Waals surface area contributed by atoms with Gasteiger partial charge in [-0.3, -0.25) is 20.3 Å². The number of pyridine rings is 2. The molecule has 5 rings (SSSR count). The van der Waals surface area contributed by atoms with E-state index in [1.54, 1.807) is 53.4 Å². The first-order valence-electron chi connectivity index (χ1n) is 16.3. The van der Waals surface area contributed by atoms with Crippen molar-refractivity contribution >= 4 is 52.2 Å². The minimum absolute atomic E-state index is 0.0266. The average molecular weight is 695 g/mol. The lowest BCUT2D eigenvalue weighted by molar-refractivity contribution is -0.129. The second-order valence-corrected chi connectivity index (χ2v) is 14.5. The van der Waals surface area contributed by atoms with Gasteiger partial charge in [-0.1, -0.05) is 0 Å². The van der Waals surface area contributed by atoms with Crippen LogP contribution in [0, 0.1) is 12.7 Å². The van der Waals surface area contributed by atoms with E-state index in [2.05, 4.69) is 20.6 Å². The number of halogens is 1. The maximum Gasteiger partial charge on any atom is 0.415 e. The number of anilines is 3. The molecule has 2 aromatic heterocycles. The zero-order valence-corrected chi connectivity index (χ0v) is 29.7. The van der Waals surface area contributed by atoms with Gasteiger partial charge in [-0.05, 0) is 85.4 Å². The standard InChI is InChI=1S/C35H43FN6O8/c1-18(2)42-17-21(14-26(42)43)48-31(44)39-25-13-20-12-22(27(36)28(24(20)16-37-25)40-32(45)49-34(4,5)6)23-15-38-30-29(19(23)3)41(10-11-47-30)33(46)50-35(7,8)9/h12-13,15-16,18,21H,10-11,14,17H2,1-9H3,(H,40,45)(H,37,39,44). The van der Waals surface area contributed by atoms with Gasteiger partial charge in [-0.2, -0.15) is 0 Å². The van der Waals surface area contributed by atoms with Gasteiger partial charge in [0.05, 0.1) is 25.2 Å². The zero-order valence-electron chi connectivity index (χ0n) is 29.7. The summed E-state index contributed by atoms with van der Waals surface area (Å²) >= 11 is 0. The molecule has 1 saturated heterocycles. The summed E-state index contributed by atoms with van der Waals surface area (Å²) in [5.74, 6) is -0.644. The third-order valence-corrected chi connectivity index (χ3v) is 7.84. The van der Waals surface area contributed by atoms with Crippen molar-refractivity contribution in [2.75, 3.05) is 35.2 Å². The van der Waals surface area contributed by atoms with Gasteiger partial charge >= 0.3 is 18.3 Å². The Balaban J connectivity index is 1.55. The molecule has 14 nitrogen and oxygen atoms in total. The van der Waals surface area contributed by atoms with Crippen molar-refractivity contribution in [1.82, 2.24) is 14.9 Å². The number of rotatable bonds is 5. The lowest BCUT2D eigenvalue weighted by Crippen LogP contribution is -2.42. The van der Waals surface area contributed by atoms with Gasteiger partial charge in [0.15, 0.2) is 5.82 Å². The molecule has 1 aromatic carbocycles. The summed E-state index contributed by atoms with van der Waals surface area (Å²) in [7, 11) is 0. The third kappa shape index (κ3) is 7.98. The largest absolute Gasteiger partial charge is 0.474 e. The third-order valence-electron chi connectivity index (χ3n) is 7.84. The number of amides is 4. The van der Waals surface area contributed by atoms with Crippen molar-refractivity contribution < 1.29 is 42.5 Å². The second kappa shape index (κ2) is 13.6. The molecule has 268 valence electrons. The molecule has 1 unspecified atom stereocenters. The predicted molar refractivity (Wildman–Crippen MR) is 184 cm³/mol. The van der Waals surface area contributed by atoms with Gasteiger partial charge in [0, 0.05) is 34.9 Å². The van der Waals surface area contributed by atoms with Crippen LogP contribution < -0.4 is 20.3 Å². The fourth-order valence-corrected chi connectivity index (χ4v) is 5.73. The van der Waals surface area contributed by atoms with Gasteiger partial charge in [-0.15, -0.1) is 0 Å². The fraction of sp³-hybridized carbons (Fsp3) is 0.486. The van der Waals surface area contributed by atoms with Crippen LogP contribution in [0.1, 0.15) is 67.4 Å². The van der Waals surface area contributed by atoms with Crippen LogP contribution in [0.3, 0.4) is 0 Å². The smallest absolute Gasteiger partial charge is 0.415 e. The quantitative estimate of drug-likeness (QED) is 0.272. The molecule has 0 saturated carbocycles. The molecule has 50 heavy (non-hydrogen) atoms. The number of carbonyl (C=O) groups is 4. The molecule has 1 fully saturated rings. The Kier molecular flexibility index (Phi) is 9.81. The molecule has 0 bridgehead atoms. The van der Waals surface area contributed by atoms with E-state index in [0.29, 0.717) is 22.2 Å². The Bertz CT molecular complexity index is 1850. The first kappa shape index (κ1) is 36.1. The maximum atomic E-state index is 16.6. The number of hydrogen-bond donors (Lipinski definition) is 2. The number of nitrogens with one attached hydrogen (secondary N) is 2. The highest BCUT2D eigenvalue weighted by molar-refractivity contribution is 6.05. The number of nitrogens with zero attached hydrogens (tertiary/aromatic N) is 4. The highest BCUT2D eigenvalue weighted by Crippen LogP contribution is 2.42. The first-order chi connectivity index (χ1) is 23.3. The highest BCUT2D eigenvalue weighted by Gasteiger charge is 2.35. The molecule has 15 heteroatoms. The van der Waals surface area contributed by atoms with Crippen LogP contribution in [-0.2, 0) is 19.0 Å². The van der Waals surface area contributed by atoms with Crippen molar-refractivity contribution in [2.45, 2.75) is 92.1 Å². The Morgan fingerprint density at radius 2 is 1.68 bits per heavy atom. The van der Waals surface area contributed by atoms with E-state index in [-0.39, 0.29) is 66.4 Å². The van der Waals surface area contributed by atoms with Crippen LogP contribution in [0.4, 0.5) is 36.0 Å². The predicted octanol–water partition coefficient (Wildman–Crippen LogP) is 6.78. The minimum atomic E-state index is -0.896. The summed E-state index contributed by atoms with van der Waals surface area (Å²) in [5, 5.41) is 5.71. The van der Waals surface area contributed by atoms with E-state index in [0.717, 1.165) is 0 Å². The van der Waals surface area contributed by atoms with Gasteiger partial charge in [0.1, 0.15) is 35.4 Å². The number of hydrogen-bond acceptors (Lipinski definition) is 10. The molecule has 0 spiro atoms. The normalized spacial score (nSPS) is 16.2. The van der Waals surface area contributed by atoms with Gasteiger partial charge in [0.2, 0.25) is 11.8 Å². The zero-order chi connectivity index (χ0) is 36.7. The van der Waals surface area contributed by atoms with E-state index in [9.17, 15) is 19.2 Å². The van der Waals surface area contributed by atoms with Crippen molar-refractivity contribution in [2.24, 2.45) is 0 Å². The van der Waals surface area contributed by atoms with E-state index < -0.39 is 41.4 Å². The summed E-state index contributed by atoms with van der Waals surface area (Å²) in [6, 6.07) is 3.00. The topological polar surface area (TPSA) is 162 Å². The fourth-order valence-electron chi connectivity index (χ4n) is 5.73. The summed E-state index contributed by atoms with van der Waals surface area (Å²) in [6.07, 6.45) is -0.139. The lowest BCUT2D eigenvalue weighted by Gasteiger charge is -2.32. The molecule has 1 atom stereocenters. The van der Waals surface area contributed by atoms with Crippen molar-refractivity contribution in [3.63, 3.8) is 0 Å². The van der Waals surface area contributed by atoms with Gasteiger partial charge in [-0.25, -0.2) is 28.7 Å². The SMILES string of the molecule is Cc1c(-c2cc3cc(NC(=O)OC4CC(=O)N(C(C)C)C4)ncc3c(NC(=O)OC(C)(C)C)c2F)cnc2c1N(C(=O)OC(C)(C)C)CCO2. The monoisotopic (exact) mass is 694 g/mol. The first-order valence-corrected chi connectivity index (χ1v) is 16.3. The van der Waals surface area contributed by atoms with Crippen LogP contribution in [0.25, 0.3) is 21.9 Å². The molecule has 3 aromatic rings. The van der Waals surface area contributed by atoms with Gasteiger partial charge < -0.3 is 23.8 Å². The summed E-state index contributed by atoms with van der Waals surface area (Å²) in [4.78, 5) is 63.0. The average Bonchev–Trinajstić information content (AvgIpc) is 3.36. The van der Waals surface area contributed by atoms with E-state index in [1.165, 1.54) is 29.4 Å². The minimum Gasteiger partial charge on any atom is -0.474 e. The Morgan fingerprint density at radius 1 is 0.980 bits per heavy atom. The molecule has 0 aliphatic carbocycles. The molecular weight excluding hydrogens is 651 g/mol. The lowest BCUT2D eigenvalue weighted by atomic mass is 9.96. The van der Waals surface area contributed by atoms with Crippen LogP contribution in [0.2, 0.25) is 0 Å². The Labute approximate surface area is 289 Å². The highest BCUT2D eigenvalue weighted by atomic mass is 19.1. The molecular formula is C35H43FN6O8. The number of carbonyl (C=O) groups excluding carboxylic acids is 4. The molecule has 4 heterocycles. The number of aromatic nitrogens is 2. The summed E-state index contributed by atoms with van der Waals surface area (Å²) in [6.45, 7) is 16.4. The summed E-state index contributed by atoms with van der Waals surface area (Å²) < 4.78 is 38.9.